The summed E-state index contributed by atoms with van der Waals surface area (Å²) < 4.78 is 40.3. The summed E-state index contributed by atoms with van der Waals surface area (Å²) in [6.45, 7) is 0.0184. The molecule has 0 aliphatic carbocycles. The van der Waals surface area contributed by atoms with Crippen LogP contribution in [0, 0.1) is 0 Å². The molecule has 0 radical (unpaired) electrons. The Bertz CT molecular complexity index is 695. The van der Waals surface area contributed by atoms with E-state index >= 15 is 0 Å². The highest BCUT2D eigenvalue weighted by Crippen LogP contribution is 2.43. The number of rotatable bonds is 1. The number of carbonyl (C=O) groups excluding carboxylic acids is 1. The van der Waals surface area contributed by atoms with E-state index in [1.807, 2.05) is 0 Å². The smallest absolute Gasteiger partial charge is 0.356 e. The number of hydrogen-bond acceptors (Lipinski definition) is 1. The predicted molar refractivity (Wildman–Crippen MR) is 73.2 cm³/mol. The van der Waals surface area contributed by atoms with Crippen LogP contribution in [-0.4, -0.2) is 34.4 Å². The lowest BCUT2D eigenvalue weighted by Crippen LogP contribution is -2.47. The van der Waals surface area contributed by atoms with Gasteiger partial charge >= 0.3 is 6.18 Å². The molecule has 1 aliphatic heterocycles. The molecule has 1 atom stereocenters. The van der Waals surface area contributed by atoms with Crippen LogP contribution >= 0.6 is 11.6 Å². The highest BCUT2D eigenvalue weighted by atomic mass is 35.5. The maximum atomic E-state index is 13.4. The van der Waals surface area contributed by atoms with Crippen LogP contribution in [0.5, 0.6) is 0 Å². The van der Waals surface area contributed by atoms with Gasteiger partial charge in [0.2, 0.25) is 5.91 Å². The van der Waals surface area contributed by atoms with E-state index < -0.39 is 24.0 Å². The molecule has 1 aromatic heterocycles. The van der Waals surface area contributed by atoms with Crippen molar-refractivity contribution in [3.63, 3.8) is 0 Å². The minimum atomic E-state index is -4.54. The Morgan fingerprint density at radius 2 is 2.10 bits per heavy atom. The van der Waals surface area contributed by atoms with Crippen molar-refractivity contribution in [3.05, 3.63) is 35.5 Å². The average Bonchev–Trinajstić information content (AvgIpc) is 2.82. The second kappa shape index (κ2) is 4.94. The van der Waals surface area contributed by atoms with E-state index in [0.717, 1.165) is 10.3 Å². The molecule has 112 valence electrons. The molecule has 7 heteroatoms. The van der Waals surface area contributed by atoms with Gasteiger partial charge in [0.05, 0.1) is 5.69 Å². The van der Waals surface area contributed by atoms with E-state index in [1.165, 1.54) is 0 Å². The number of para-hydroxylation sites is 1. The lowest BCUT2D eigenvalue weighted by atomic mass is 9.97. The second-order valence-electron chi connectivity index (χ2n) is 4.98. The second-order valence-corrected chi connectivity index (χ2v) is 5.24. The third-order valence-corrected chi connectivity index (χ3v) is 4.01. The number of carbonyl (C=O) groups is 1. The molecule has 0 bridgehead atoms. The van der Waals surface area contributed by atoms with E-state index in [4.69, 9.17) is 11.6 Å². The van der Waals surface area contributed by atoms with Crippen molar-refractivity contribution in [2.45, 2.75) is 18.6 Å². The lowest BCUT2D eigenvalue weighted by molar-refractivity contribution is -0.193. The van der Waals surface area contributed by atoms with Crippen LogP contribution in [0.1, 0.15) is 17.3 Å². The largest absolute Gasteiger partial charge is 0.414 e. The van der Waals surface area contributed by atoms with Crippen molar-refractivity contribution < 1.29 is 18.0 Å². The van der Waals surface area contributed by atoms with E-state index in [-0.39, 0.29) is 12.2 Å². The normalized spacial score (nSPS) is 18.9. The molecular weight excluding hydrogens is 305 g/mol. The van der Waals surface area contributed by atoms with Crippen LogP contribution < -0.4 is 0 Å². The summed E-state index contributed by atoms with van der Waals surface area (Å²) in [5, 5.41) is 0.778. The molecule has 0 spiro atoms. The van der Waals surface area contributed by atoms with Crippen LogP contribution in [0.3, 0.4) is 0 Å². The first kappa shape index (κ1) is 14.3. The van der Waals surface area contributed by atoms with Gasteiger partial charge in [-0.15, -0.1) is 11.6 Å². The predicted octanol–water partition coefficient (Wildman–Crippen LogP) is 3.39. The number of alkyl halides is 4. The Balaban J connectivity index is 2.18. The molecule has 1 amide bonds. The summed E-state index contributed by atoms with van der Waals surface area (Å²) >= 11 is 5.44. The van der Waals surface area contributed by atoms with Gasteiger partial charge in [-0.1, -0.05) is 18.2 Å². The zero-order chi connectivity index (χ0) is 15.2. The first-order valence-corrected chi connectivity index (χ1v) is 6.98. The summed E-state index contributed by atoms with van der Waals surface area (Å²) in [5.41, 5.74) is 1.33. The fraction of sp³-hybridized carbons (Fsp3) is 0.357. The Morgan fingerprint density at radius 1 is 1.38 bits per heavy atom. The van der Waals surface area contributed by atoms with Crippen LogP contribution in [0.2, 0.25) is 0 Å². The quantitative estimate of drug-likeness (QED) is 0.804. The maximum Gasteiger partial charge on any atom is 0.414 e. The molecular formula is C14H12ClF3N2O. The van der Waals surface area contributed by atoms with Gasteiger partial charge < -0.3 is 9.88 Å². The number of H-pyrrole nitrogens is 1. The Morgan fingerprint density at radius 3 is 2.76 bits per heavy atom. The van der Waals surface area contributed by atoms with Gasteiger partial charge in [-0.3, -0.25) is 4.79 Å². The molecule has 0 saturated carbocycles. The molecule has 0 unspecified atom stereocenters. The van der Waals surface area contributed by atoms with Gasteiger partial charge in [0.1, 0.15) is 5.88 Å². The molecule has 0 saturated heterocycles. The number of nitrogens with one attached hydrogen (secondary N) is 1. The number of hydrogen-bond donors (Lipinski definition) is 1. The van der Waals surface area contributed by atoms with Gasteiger partial charge in [-0.05, 0) is 18.1 Å². The van der Waals surface area contributed by atoms with E-state index in [9.17, 15) is 18.0 Å². The minimum Gasteiger partial charge on any atom is -0.356 e. The maximum absolute atomic E-state index is 13.4. The van der Waals surface area contributed by atoms with E-state index in [0.29, 0.717) is 17.5 Å². The zero-order valence-electron chi connectivity index (χ0n) is 10.9. The molecule has 2 aromatic rings. The number of aromatic amines is 1. The molecule has 0 fully saturated rings. The molecule has 1 aromatic carbocycles. The van der Waals surface area contributed by atoms with Crippen molar-refractivity contribution in [3.8, 4) is 0 Å². The highest BCUT2D eigenvalue weighted by Gasteiger charge is 2.50. The summed E-state index contributed by atoms with van der Waals surface area (Å²) in [7, 11) is 0. The third-order valence-electron chi connectivity index (χ3n) is 3.78. The molecule has 1 aliphatic rings. The van der Waals surface area contributed by atoms with Crippen molar-refractivity contribution >= 4 is 28.4 Å². The molecule has 1 N–H and O–H groups in total. The fourth-order valence-corrected chi connectivity index (χ4v) is 3.08. The van der Waals surface area contributed by atoms with Gasteiger partial charge in [0.15, 0.2) is 6.04 Å². The highest BCUT2D eigenvalue weighted by molar-refractivity contribution is 6.27. The summed E-state index contributed by atoms with van der Waals surface area (Å²) in [5.74, 6) is -1.16. The van der Waals surface area contributed by atoms with Gasteiger partial charge in [0, 0.05) is 17.4 Å². The van der Waals surface area contributed by atoms with E-state index in [2.05, 4.69) is 4.98 Å². The first-order chi connectivity index (χ1) is 9.93. The topological polar surface area (TPSA) is 36.1 Å². The van der Waals surface area contributed by atoms with Gasteiger partial charge in [-0.2, -0.15) is 13.2 Å². The van der Waals surface area contributed by atoms with Crippen molar-refractivity contribution in [2.75, 3.05) is 12.4 Å². The van der Waals surface area contributed by atoms with Crippen molar-refractivity contribution in [2.24, 2.45) is 0 Å². The summed E-state index contributed by atoms with van der Waals surface area (Å²) in [6, 6.07) is 5.11. The molecule has 3 nitrogen and oxygen atoms in total. The SMILES string of the molecule is O=C(CCl)N1CCc2c([nH]c3ccccc23)[C@@H]1C(F)(F)F. The Hall–Kier alpha value is -1.69. The average molecular weight is 317 g/mol. The molecule has 2 heterocycles. The van der Waals surface area contributed by atoms with Crippen molar-refractivity contribution in [1.82, 2.24) is 9.88 Å². The third kappa shape index (κ3) is 2.27. The summed E-state index contributed by atoms with van der Waals surface area (Å²) in [4.78, 5) is 15.4. The van der Waals surface area contributed by atoms with Crippen molar-refractivity contribution in [1.29, 1.82) is 0 Å². The van der Waals surface area contributed by atoms with E-state index in [1.54, 1.807) is 24.3 Å². The fourth-order valence-electron chi connectivity index (χ4n) is 2.93. The molecule has 21 heavy (non-hydrogen) atoms. The molecule has 3 rings (SSSR count). The first-order valence-electron chi connectivity index (χ1n) is 6.45. The standard InChI is InChI=1S/C14H12ClF3N2O/c15-7-11(21)20-6-5-9-8-3-1-2-4-10(8)19-12(9)13(20)14(16,17)18/h1-4,13,19H,5-7H2/t13-/m1/s1. The monoisotopic (exact) mass is 316 g/mol. The summed E-state index contributed by atoms with van der Waals surface area (Å²) in [6.07, 6.45) is -4.16. The lowest BCUT2D eigenvalue weighted by Gasteiger charge is -2.36. The Kier molecular flexibility index (Phi) is 3.36. The number of fused-ring (bicyclic) bond motifs is 3. The van der Waals surface area contributed by atoms with Gasteiger partial charge in [0.25, 0.3) is 0 Å². The van der Waals surface area contributed by atoms with Crippen LogP contribution in [-0.2, 0) is 11.2 Å². The number of nitrogens with zero attached hydrogens (tertiary/aromatic N) is 1. The number of benzene rings is 1. The minimum absolute atomic E-state index is 0.0184. The van der Waals surface area contributed by atoms with Crippen LogP contribution in [0.15, 0.2) is 24.3 Å². The number of amides is 1. The Labute approximate surface area is 123 Å². The zero-order valence-corrected chi connectivity index (χ0v) is 11.6. The van der Waals surface area contributed by atoms with Crippen LogP contribution in [0.25, 0.3) is 10.9 Å². The number of aromatic nitrogens is 1. The van der Waals surface area contributed by atoms with Crippen LogP contribution in [0.4, 0.5) is 13.2 Å². The number of halogens is 4. The van der Waals surface area contributed by atoms with Gasteiger partial charge in [-0.25, -0.2) is 0 Å².